The molecular weight excluding hydrogens is 296 g/mol. The number of hydrogen-bond acceptors (Lipinski definition) is 4. The molecule has 136 valence electrons. The summed E-state index contributed by atoms with van der Waals surface area (Å²) in [4.78, 5) is 40.6. The summed E-state index contributed by atoms with van der Waals surface area (Å²) in [6.07, 6.45) is 7.53. The SMILES string of the molecule is CCC(=O)C(=O)O.CCCC(=O)CC.CCCCCC(=O)CC. The molecule has 0 heterocycles. The van der Waals surface area contributed by atoms with Crippen LogP contribution in [0.1, 0.15) is 92.4 Å². The minimum Gasteiger partial charge on any atom is -0.476 e. The summed E-state index contributed by atoms with van der Waals surface area (Å²) >= 11 is 0. The molecule has 0 atom stereocenters. The third-order valence-corrected chi connectivity index (χ3v) is 2.94. The van der Waals surface area contributed by atoms with Gasteiger partial charge in [-0.1, -0.05) is 47.5 Å². The molecule has 5 heteroatoms. The van der Waals surface area contributed by atoms with Crippen molar-refractivity contribution in [2.24, 2.45) is 0 Å². The van der Waals surface area contributed by atoms with Gasteiger partial charge in [0.1, 0.15) is 11.6 Å². The number of carbonyl (C=O) groups excluding carboxylic acids is 3. The van der Waals surface area contributed by atoms with Crippen molar-refractivity contribution >= 4 is 23.3 Å². The second kappa shape index (κ2) is 20.5. The smallest absolute Gasteiger partial charge is 0.372 e. The average Bonchev–Trinajstić information content (AvgIpc) is 2.55. The minimum atomic E-state index is -1.34. The van der Waals surface area contributed by atoms with Crippen molar-refractivity contribution in [1.82, 2.24) is 0 Å². The molecule has 23 heavy (non-hydrogen) atoms. The van der Waals surface area contributed by atoms with Crippen LogP contribution in [0.2, 0.25) is 0 Å². The van der Waals surface area contributed by atoms with E-state index in [1.165, 1.54) is 19.8 Å². The standard InChI is InChI=1S/C8H16O.C6H12O.C4H6O3/c1-3-5-6-7-8(9)4-2;1-3-5-6(7)4-2;1-2-3(5)4(6)7/h3-7H2,1-2H3;3-5H2,1-2H3;2H2,1H3,(H,6,7). The summed E-state index contributed by atoms with van der Waals surface area (Å²) in [5.41, 5.74) is 0. The number of hydrogen-bond donors (Lipinski definition) is 1. The van der Waals surface area contributed by atoms with Gasteiger partial charge in [0.05, 0.1) is 0 Å². The summed E-state index contributed by atoms with van der Waals surface area (Å²) in [7, 11) is 0. The Morgan fingerprint density at radius 2 is 1.13 bits per heavy atom. The van der Waals surface area contributed by atoms with Crippen LogP contribution in [0.4, 0.5) is 0 Å². The average molecular weight is 330 g/mol. The maximum Gasteiger partial charge on any atom is 0.372 e. The highest BCUT2D eigenvalue weighted by Crippen LogP contribution is 2.00. The molecule has 0 radical (unpaired) electrons. The Balaban J connectivity index is -0.000000264. The number of ketones is 3. The molecule has 0 aliphatic heterocycles. The molecule has 0 saturated carbocycles. The van der Waals surface area contributed by atoms with E-state index < -0.39 is 11.8 Å². The molecule has 1 N–H and O–H groups in total. The van der Waals surface area contributed by atoms with E-state index in [1.54, 1.807) is 0 Å². The van der Waals surface area contributed by atoms with Crippen LogP contribution in [-0.4, -0.2) is 28.4 Å². The van der Waals surface area contributed by atoms with E-state index in [0.29, 0.717) is 24.4 Å². The highest BCUT2D eigenvalue weighted by molar-refractivity contribution is 6.32. The lowest BCUT2D eigenvalue weighted by Crippen LogP contribution is -2.09. The fourth-order valence-corrected chi connectivity index (χ4v) is 1.36. The normalized spacial score (nSPS) is 8.91. The molecule has 0 fully saturated rings. The molecule has 0 unspecified atom stereocenters. The molecule has 0 rings (SSSR count). The Morgan fingerprint density at radius 3 is 1.35 bits per heavy atom. The third-order valence-electron chi connectivity index (χ3n) is 2.94. The molecular formula is C18H34O5. The van der Waals surface area contributed by atoms with E-state index in [4.69, 9.17) is 5.11 Å². The summed E-state index contributed by atoms with van der Waals surface area (Å²) in [6, 6.07) is 0. The molecule has 0 aliphatic carbocycles. The van der Waals surface area contributed by atoms with Crippen LogP contribution < -0.4 is 0 Å². The zero-order chi connectivity index (χ0) is 18.7. The van der Waals surface area contributed by atoms with E-state index >= 15 is 0 Å². The Labute approximate surface area is 140 Å². The molecule has 0 aromatic heterocycles. The monoisotopic (exact) mass is 330 g/mol. The lowest BCUT2D eigenvalue weighted by atomic mass is 10.1. The Hall–Kier alpha value is -1.52. The number of carboxylic acid groups (broad SMARTS) is 1. The van der Waals surface area contributed by atoms with Gasteiger partial charge in [-0.2, -0.15) is 0 Å². The lowest BCUT2D eigenvalue weighted by Gasteiger charge is -1.93. The van der Waals surface area contributed by atoms with Crippen LogP contribution >= 0.6 is 0 Å². The van der Waals surface area contributed by atoms with E-state index in [0.717, 1.165) is 25.7 Å². The second-order valence-electron chi connectivity index (χ2n) is 5.07. The molecule has 0 saturated heterocycles. The number of aliphatic carboxylic acids is 1. The van der Waals surface area contributed by atoms with Gasteiger partial charge >= 0.3 is 5.97 Å². The van der Waals surface area contributed by atoms with Gasteiger partial charge in [-0.15, -0.1) is 0 Å². The van der Waals surface area contributed by atoms with Gasteiger partial charge < -0.3 is 5.11 Å². The molecule has 0 aromatic carbocycles. The van der Waals surface area contributed by atoms with Crippen LogP contribution in [0.3, 0.4) is 0 Å². The van der Waals surface area contributed by atoms with E-state index in [-0.39, 0.29) is 6.42 Å². The van der Waals surface area contributed by atoms with Crippen molar-refractivity contribution < 1.29 is 24.3 Å². The highest BCUT2D eigenvalue weighted by atomic mass is 16.4. The van der Waals surface area contributed by atoms with Crippen LogP contribution in [0, 0.1) is 0 Å². The van der Waals surface area contributed by atoms with Crippen LogP contribution in [0.5, 0.6) is 0 Å². The Bertz CT molecular complexity index is 334. The maximum atomic E-state index is 10.7. The van der Waals surface area contributed by atoms with E-state index in [2.05, 4.69) is 6.92 Å². The molecule has 0 spiro atoms. The number of rotatable bonds is 10. The number of carbonyl (C=O) groups is 4. The molecule has 0 aliphatic rings. The summed E-state index contributed by atoms with van der Waals surface area (Å²) in [6.45, 7) is 9.51. The van der Waals surface area contributed by atoms with Crippen molar-refractivity contribution in [1.29, 1.82) is 0 Å². The van der Waals surface area contributed by atoms with Crippen LogP contribution in [0.25, 0.3) is 0 Å². The predicted molar refractivity (Wildman–Crippen MR) is 92.6 cm³/mol. The maximum absolute atomic E-state index is 10.7. The fourth-order valence-electron chi connectivity index (χ4n) is 1.36. The van der Waals surface area contributed by atoms with E-state index in [9.17, 15) is 19.2 Å². The zero-order valence-corrected chi connectivity index (χ0v) is 15.4. The van der Waals surface area contributed by atoms with Crippen molar-refractivity contribution in [3.63, 3.8) is 0 Å². The molecule has 0 aromatic rings. The van der Waals surface area contributed by atoms with Gasteiger partial charge in [-0.25, -0.2) is 4.79 Å². The predicted octanol–water partition coefficient (Wildman–Crippen LogP) is 4.36. The van der Waals surface area contributed by atoms with Gasteiger partial charge in [0.2, 0.25) is 5.78 Å². The topological polar surface area (TPSA) is 88.5 Å². The Morgan fingerprint density at radius 1 is 0.652 bits per heavy atom. The van der Waals surface area contributed by atoms with Gasteiger partial charge in [-0.05, 0) is 12.8 Å². The first kappa shape index (κ1) is 26.4. The molecule has 0 amide bonds. The summed E-state index contributed by atoms with van der Waals surface area (Å²) in [5, 5.41) is 7.83. The van der Waals surface area contributed by atoms with Crippen LogP contribution in [-0.2, 0) is 19.2 Å². The first-order valence-electron chi connectivity index (χ1n) is 8.59. The zero-order valence-electron chi connectivity index (χ0n) is 15.4. The van der Waals surface area contributed by atoms with Crippen LogP contribution in [0.15, 0.2) is 0 Å². The Kier molecular flexibility index (Phi) is 23.5. The quantitative estimate of drug-likeness (QED) is 0.475. The minimum absolute atomic E-state index is 0.0787. The summed E-state index contributed by atoms with van der Waals surface area (Å²) in [5.74, 6) is -1.30. The van der Waals surface area contributed by atoms with Crippen molar-refractivity contribution in [2.45, 2.75) is 92.4 Å². The number of unbranched alkanes of at least 4 members (excludes halogenated alkanes) is 2. The van der Waals surface area contributed by atoms with Gasteiger partial charge in [0.25, 0.3) is 0 Å². The molecule has 5 nitrogen and oxygen atoms in total. The van der Waals surface area contributed by atoms with Gasteiger partial charge in [-0.3, -0.25) is 14.4 Å². The highest BCUT2D eigenvalue weighted by Gasteiger charge is 2.05. The van der Waals surface area contributed by atoms with Crippen molar-refractivity contribution in [3.05, 3.63) is 0 Å². The van der Waals surface area contributed by atoms with Crippen molar-refractivity contribution in [3.8, 4) is 0 Å². The fraction of sp³-hybridized carbons (Fsp3) is 0.778. The van der Waals surface area contributed by atoms with Crippen molar-refractivity contribution in [2.75, 3.05) is 0 Å². The first-order chi connectivity index (χ1) is 10.8. The largest absolute Gasteiger partial charge is 0.476 e. The lowest BCUT2D eigenvalue weighted by molar-refractivity contribution is -0.148. The first-order valence-corrected chi connectivity index (χ1v) is 8.59. The summed E-state index contributed by atoms with van der Waals surface area (Å²) < 4.78 is 0. The van der Waals surface area contributed by atoms with Gasteiger partial charge in [0.15, 0.2) is 0 Å². The number of carboxylic acids is 1. The van der Waals surface area contributed by atoms with E-state index in [1.807, 2.05) is 20.8 Å². The van der Waals surface area contributed by atoms with Gasteiger partial charge in [0, 0.05) is 32.1 Å². The number of Topliss-reactive ketones (excluding diaryl/α,β-unsaturated/α-hetero) is 3. The second-order valence-corrected chi connectivity index (χ2v) is 5.07. The third kappa shape index (κ3) is 25.8. The molecule has 0 bridgehead atoms.